The summed E-state index contributed by atoms with van der Waals surface area (Å²) in [5.74, 6) is -0.226. The van der Waals surface area contributed by atoms with Crippen LogP contribution in [-0.2, 0) is 0 Å². The highest BCUT2D eigenvalue weighted by atomic mass is 16.4. The van der Waals surface area contributed by atoms with Crippen LogP contribution in [-0.4, -0.2) is 19.0 Å². The van der Waals surface area contributed by atoms with Crippen molar-refractivity contribution in [2.45, 2.75) is 20.8 Å². The van der Waals surface area contributed by atoms with Gasteiger partial charge in [-0.05, 0) is 74.4 Å². The number of amides is 1. The van der Waals surface area contributed by atoms with E-state index in [4.69, 9.17) is 4.42 Å². The summed E-state index contributed by atoms with van der Waals surface area (Å²) < 4.78 is 5.45. The van der Waals surface area contributed by atoms with Crippen LogP contribution in [0.15, 0.2) is 82.0 Å². The zero-order chi connectivity index (χ0) is 22.7. The lowest BCUT2D eigenvalue weighted by Gasteiger charge is -2.22. The summed E-state index contributed by atoms with van der Waals surface area (Å²) in [6, 6.07) is 22.2. The molecule has 0 spiro atoms. The summed E-state index contributed by atoms with van der Waals surface area (Å²) in [6.07, 6.45) is 0. The first-order valence-electron chi connectivity index (χ1n) is 10.8. The number of benzene rings is 3. The molecule has 0 saturated carbocycles. The van der Waals surface area contributed by atoms with Crippen LogP contribution in [0.2, 0.25) is 0 Å². The molecular weight excluding hydrogens is 400 g/mol. The molecule has 162 valence electrons. The molecule has 1 aromatic heterocycles. The Morgan fingerprint density at radius 3 is 2.47 bits per heavy atom. The SMILES string of the molecule is CCN(CC)c1ccc(NC(=O)c2cccc(-c3cc4ccccc4oc3=O)c2)c(C)c1. The summed E-state index contributed by atoms with van der Waals surface area (Å²) in [4.78, 5) is 27.7. The first-order chi connectivity index (χ1) is 15.5. The van der Waals surface area contributed by atoms with Gasteiger partial charge in [0.05, 0.1) is 5.56 Å². The van der Waals surface area contributed by atoms with Crippen molar-refractivity contribution in [2.24, 2.45) is 0 Å². The topological polar surface area (TPSA) is 62.6 Å². The molecule has 32 heavy (non-hydrogen) atoms. The minimum absolute atomic E-state index is 0.226. The van der Waals surface area contributed by atoms with Gasteiger partial charge in [-0.1, -0.05) is 30.3 Å². The van der Waals surface area contributed by atoms with Crippen LogP contribution in [0.5, 0.6) is 0 Å². The molecule has 1 N–H and O–H groups in total. The molecular formula is C27H26N2O3. The first-order valence-corrected chi connectivity index (χ1v) is 10.8. The quantitative estimate of drug-likeness (QED) is 0.392. The van der Waals surface area contributed by atoms with Crippen LogP contribution >= 0.6 is 0 Å². The summed E-state index contributed by atoms with van der Waals surface area (Å²) >= 11 is 0. The first kappa shape index (κ1) is 21.4. The Labute approximate surface area is 187 Å². The van der Waals surface area contributed by atoms with Gasteiger partial charge in [0.1, 0.15) is 5.58 Å². The van der Waals surface area contributed by atoms with Crippen molar-refractivity contribution in [3.8, 4) is 11.1 Å². The van der Waals surface area contributed by atoms with E-state index >= 15 is 0 Å². The zero-order valence-corrected chi connectivity index (χ0v) is 18.5. The Morgan fingerprint density at radius 1 is 0.938 bits per heavy atom. The molecule has 1 amide bonds. The van der Waals surface area contributed by atoms with Gasteiger partial charge in [-0.25, -0.2) is 4.79 Å². The highest BCUT2D eigenvalue weighted by Crippen LogP contribution is 2.25. The molecule has 0 saturated heterocycles. The smallest absolute Gasteiger partial charge is 0.344 e. The molecule has 1 heterocycles. The van der Waals surface area contributed by atoms with Gasteiger partial charge in [0.15, 0.2) is 0 Å². The fourth-order valence-electron chi connectivity index (χ4n) is 3.86. The minimum atomic E-state index is -0.427. The van der Waals surface area contributed by atoms with E-state index in [9.17, 15) is 9.59 Å². The number of nitrogens with zero attached hydrogens (tertiary/aromatic N) is 1. The second kappa shape index (κ2) is 9.10. The van der Waals surface area contributed by atoms with Gasteiger partial charge in [0, 0.05) is 35.4 Å². The summed E-state index contributed by atoms with van der Waals surface area (Å²) in [6.45, 7) is 8.09. The molecule has 0 radical (unpaired) electrons. The average molecular weight is 427 g/mol. The fourth-order valence-corrected chi connectivity index (χ4v) is 3.86. The van der Waals surface area contributed by atoms with Crippen LogP contribution < -0.4 is 15.8 Å². The number of hydrogen-bond donors (Lipinski definition) is 1. The molecule has 0 aliphatic rings. The predicted molar refractivity (Wildman–Crippen MR) is 131 cm³/mol. The van der Waals surface area contributed by atoms with Gasteiger partial charge in [-0.3, -0.25) is 4.79 Å². The van der Waals surface area contributed by atoms with Gasteiger partial charge in [0.25, 0.3) is 5.91 Å². The number of rotatable bonds is 6. The highest BCUT2D eigenvalue weighted by molar-refractivity contribution is 6.05. The third kappa shape index (κ3) is 4.28. The number of hydrogen-bond acceptors (Lipinski definition) is 4. The Hall–Kier alpha value is -3.86. The van der Waals surface area contributed by atoms with Gasteiger partial charge in [-0.15, -0.1) is 0 Å². The second-order valence-electron chi connectivity index (χ2n) is 7.69. The normalized spacial score (nSPS) is 10.8. The molecule has 0 bridgehead atoms. The molecule has 0 fully saturated rings. The summed E-state index contributed by atoms with van der Waals surface area (Å²) in [5.41, 5.74) is 4.56. The van der Waals surface area contributed by atoms with Crippen LogP contribution in [0.3, 0.4) is 0 Å². The molecule has 3 aromatic carbocycles. The molecule has 0 aliphatic heterocycles. The molecule has 0 aliphatic carbocycles. The number of carbonyl (C=O) groups is 1. The number of para-hydroxylation sites is 1. The van der Waals surface area contributed by atoms with Crippen molar-refractivity contribution in [3.63, 3.8) is 0 Å². The number of aryl methyl sites for hydroxylation is 1. The Bertz CT molecular complexity index is 1340. The van der Waals surface area contributed by atoms with Crippen molar-refractivity contribution in [3.05, 3.63) is 94.3 Å². The van der Waals surface area contributed by atoms with Crippen molar-refractivity contribution >= 4 is 28.3 Å². The average Bonchev–Trinajstić information content (AvgIpc) is 2.81. The Kier molecular flexibility index (Phi) is 6.08. The predicted octanol–water partition coefficient (Wildman–Crippen LogP) is 5.87. The Morgan fingerprint density at radius 2 is 1.72 bits per heavy atom. The van der Waals surface area contributed by atoms with E-state index in [2.05, 4.69) is 30.1 Å². The lowest BCUT2D eigenvalue weighted by molar-refractivity contribution is 0.102. The van der Waals surface area contributed by atoms with Crippen molar-refractivity contribution in [1.82, 2.24) is 0 Å². The Balaban J connectivity index is 1.61. The van der Waals surface area contributed by atoms with Gasteiger partial charge in [0.2, 0.25) is 0 Å². The largest absolute Gasteiger partial charge is 0.422 e. The van der Waals surface area contributed by atoms with Crippen LogP contribution in [0, 0.1) is 6.92 Å². The van der Waals surface area contributed by atoms with Gasteiger partial charge in [-0.2, -0.15) is 0 Å². The molecule has 5 heteroatoms. The van der Waals surface area contributed by atoms with Crippen LogP contribution in [0.1, 0.15) is 29.8 Å². The van der Waals surface area contributed by atoms with E-state index in [0.29, 0.717) is 22.3 Å². The molecule has 4 aromatic rings. The summed E-state index contributed by atoms with van der Waals surface area (Å²) in [7, 11) is 0. The molecule has 0 unspecified atom stereocenters. The lowest BCUT2D eigenvalue weighted by atomic mass is 10.0. The maximum absolute atomic E-state index is 13.0. The molecule has 5 nitrogen and oxygen atoms in total. The summed E-state index contributed by atoms with van der Waals surface area (Å²) in [5, 5.41) is 3.83. The monoisotopic (exact) mass is 426 g/mol. The van der Waals surface area contributed by atoms with Gasteiger partial charge >= 0.3 is 5.63 Å². The lowest BCUT2D eigenvalue weighted by Crippen LogP contribution is -2.22. The fraction of sp³-hybridized carbons (Fsp3) is 0.185. The van der Waals surface area contributed by atoms with E-state index in [1.165, 1.54) is 0 Å². The van der Waals surface area contributed by atoms with Crippen LogP contribution in [0.4, 0.5) is 11.4 Å². The van der Waals surface area contributed by atoms with Crippen LogP contribution in [0.25, 0.3) is 22.1 Å². The standard InChI is InChI=1S/C27H26N2O3/c1-4-29(5-2)22-13-14-24(18(3)15-22)28-26(30)21-11-8-10-19(16-21)23-17-20-9-6-7-12-25(20)32-27(23)31/h6-17H,4-5H2,1-3H3,(H,28,30). The minimum Gasteiger partial charge on any atom is -0.422 e. The third-order valence-corrected chi connectivity index (χ3v) is 5.66. The number of carbonyl (C=O) groups excluding carboxylic acids is 1. The number of fused-ring (bicyclic) bond motifs is 1. The zero-order valence-electron chi connectivity index (χ0n) is 18.5. The van der Waals surface area contributed by atoms with E-state index in [1.54, 1.807) is 30.3 Å². The molecule has 0 atom stereocenters. The highest BCUT2D eigenvalue weighted by Gasteiger charge is 2.13. The van der Waals surface area contributed by atoms with E-state index < -0.39 is 5.63 Å². The van der Waals surface area contributed by atoms with E-state index in [1.807, 2.05) is 43.3 Å². The number of anilines is 2. The maximum Gasteiger partial charge on any atom is 0.344 e. The van der Waals surface area contributed by atoms with Crippen molar-refractivity contribution in [2.75, 3.05) is 23.3 Å². The van der Waals surface area contributed by atoms with Crippen molar-refractivity contribution < 1.29 is 9.21 Å². The van der Waals surface area contributed by atoms with E-state index in [0.717, 1.165) is 35.4 Å². The van der Waals surface area contributed by atoms with E-state index in [-0.39, 0.29) is 5.91 Å². The third-order valence-electron chi connectivity index (χ3n) is 5.66. The van der Waals surface area contributed by atoms with Gasteiger partial charge < -0.3 is 14.6 Å². The molecule has 4 rings (SSSR count). The second-order valence-corrected chi connectivity index (χ2v) is 7.69. The van der Waals surface area contributed by atoms with Crippen molar-refractivity contribution in [1.29, 1.82) is 0 Å². The number of nitrogens with one attached hydrogen (secondary N) is 1. The maximum atomic E-state index is 13.0.